The van der Waals surface area contributed by atoms with Crippen LogP contribution in [0.15, 0.2) is 42.5 Å². The Morgan fingerprint density at radius 1 is 1.06 bits per heavy atom. The summed E-state index contributed by atoms with van der Waals surface area (Å²) in [4.78, 5) is 1.18. The van der Waals surface area contributed by atoms with Gasteiger partial charge in [0.1, 0.15) is 0 Å². The summed E-state index contributed by atoms with van der Waals surface area (Å²) in [6.07, 6.45) is 0. The lowest BCUT2D eigenvalue weighted by Crippen LogP contribution is -2.06. The Balaban J connectivity index is 1.98. The van der Waals surface area contributed by atoms with Gasteiger partial charge < -0.3 is 0 Å². The van der Waals surface area contributed by atoms with Gasteiger partial charge in [0.2, 0.25) is 0 Å². The molecule has 3 heteroatoms. The number of rotatable bonds is 2. The maximum Gasteiger partial charge on any atom is 0.318 e. The third-order valence-electron chi connectivity index (χ3n) is 2.98. The Bertz CT molecular complexity index is 531. The van der Waals surface area contributed by atoms with E-state index in [4.69, 9.17) is 0 Å². The lowest BCUT2D eigenvalue weighted by molar-refractivity contribution is 0.0516. The van der Waals surface area contributed by atoms with Gasteiger partial charge in [0, 0.05) is 6.54 Å². The summed E-state index contributed by atoms with van der Waals surface area (Å²) in [5, 5.41) is 2.16. The van der Waals surface area contributed by atoms with Gasteiger partial charge in [0.15, 0.2) is 0 Å². The fraction of sp³-hybridized carbons (Fsp3) is 0.231. The molecule has 1 atom stereocenters. The summed E-state index contributed by atoms with van der Waals surface area (Å²) in [5.41, 5.74) is 0.968. The molecule has 0 saturated carbocycles. The second-order valence-corrected chi connectivity index (χ2v) is 4.16. The number of hydrogen-bond donors (Lipinski definition) is 0. The van der Waals surface area contributed by atoms with Crippen LogP contribution in [-0.4, -0.2) is 17.5 Å². The summed E-state index contributed by atoms with van der Waals surface area (Å²) in [6, 6.07) is 11.1. The standard InChI is InChI=1S/C13H11F2N/c14-13(15)9-16(13)8-11-6-3-5-10-4-1-2-7-12(10)11/h1-7H,8-9H2. The molecule has 2 aromatic rings. The van der Waals surface area contributed by atoms with E-state index in [1.807, 2.05) is 42.5 Å². The zero-order chi connectivity index (χ0) is 11.2. The first kappa shape index (κ1) is 9.73. The van der Waals surface area contributed by atoms with E-state index in [2.05, 4.69) is 0 Å². The minimum absolute atomic E-state index is 0.115. The van der Waals surface area contributed by atoms with E-state index in [-0.39, 0.29) is 6.54 Å². The van der Waals surface area contributed by atoms with Crippen LogP contribution in [0.2, 0.25) is 0 Å². The first-order chi connectivity index (χ1) is 7.67. The molecule has 0 radical (unpaired) electrons. The first-order valence-electron chi connectivity index (χ1n) is 5.26. The molecule has 1 fully saturated rings. The van der Waals surface area contributed by atoms with Gasteiger partial charge in [0.25, 0.3) is 0 Å². The number of halogens is 2. The van der Waals surface area contributed by atoms with E-state index in [9.17, 15) is 8.78 Å². The summed E-state index contributed by atoms with van der Waals surface area (Å²) >= 11 is 0. The maximum atomic E-state index is 12.8. The van der Waals surface area contributed by atoms with Crippen LogP contribution in [0.5, 0.6) is 0 Å². The SMILES string of the molecule is FC1(F)CN1Cc1cccc2ccccc12. The lowest BCUT2D eigenvalue weighted by Gasteiger charge is -2.07. The average molecular weight is 219 g/mol. The predicted octanol–water partition coefficient (Wildman–Crippen LogP) is 3.25. The minimum atomic E-state index is -2.59. The van der Waals surface area contributed by atoms with Crippen LogP contribution >= 0.6 is 0 Å². The molecule has 0 N–H and O–H groups in total. The number of nitrogens with zero attached hydrogens (tertiary/aromatic N) is 1. The van der Waals surface area contributed by atoms with Crippen molar-refractivity contribution in [3.8, 4) is 0 Å². The smallest absolute Gasteiger partial charge is 0.232 e. The predicted molar refractivity (Wildman–Crippen MR) is 59.3 cm³/mol. The molecule has 0 bridgehead atoms. The molecular formula is C13H11F2N. The van der Waals surface area contributed by atoms with E-state index in [1.54, 1.807) is 0 Å². The molecule has 1 aliphatic rings. The van der Waals surface area contributed by atoms with Crippen molar-refractivity contribution in [1.29, 1.82) is 0 Å². The van der Waals surface area contributed by atoms with Crippen molar-refractivity contribution < 1.29 is 8.78 Å². The third-order valence-corrected chi connectivity index (χ3v) is 2.98. The van der Waals surface area contributed by atoms with Crippen LogP contribution in [0.1, 0.15) is 5.56 Å². The first-order valence-corrected chi connectivity index (χ1v) is 5.26. The zero-order valence-corrected chi connectivity index (χ0v) is 8.66. The van der Waals surface area contributed by atoms with Crippen molar-refractivity contribution in [3.63, 3.8) is 0 Å². The van der Waals surface area contributed by atoms with Gasteiger partial charge in [-0.25, -0.2) is 4.90 Å². The summed E-state index contributed by atoms with van der Waals surface area (Å²) in [5.74, 6) is 0. The summed E-state index contributed by atoms with van der Waals surface area (Å²) in [6.45, 7) is 0.213. The highest BCUT2D eigenvalue weighted by Crippen LogP contribution is 2.37. The van der Waals surface area contributed by atoms with Gasteiger partial charge in [-0.15, -0.1) is 0 Å². The van der Waals surface area contributed by atoms with Crippen molar-refractivity contribution in [2.24, 2.45) is 0 Å². The second kappa shape index (κ2) is 3.25. The number of benzene rings is 2. The Morgan fingerprint density at radius 3 is 2.50 bits per heavy atom. The summed E-state index contributed by atoms with van der Waals surface area (Å²) < 4.78 is 25.6. The number of fused-ring (bicyclic) bond motifs is 1. The van der Waals surface area contributed by atoms with Crippen molar-refractivity contribution in [2.75, 3.05) is 6.54 Å². The molecule has 0 aliphatic carbocycles. The van der Waals surface area contributed by atoms with Crippen molar-refractivity contribution in [2.45, 2.75) is 12.6 Å². The van der Waals surface area contributed by atoms with E-state index in [0.717, 1.165) is 16.3 Å². The van der Waals surface area contributed by atoms with Crippen LogP contribution in [-0.2, 0) is 6.54 Å². The van der Waals surface area contributed by atoms with E-state index < -0.39 is 6.05 Å². The Labute approximate surface area is 92.3 Å². The topological polar surface area (TPSA) is 3.01 Å². The van der Waals surface area contributed by atoms with Gasteiger partial charge in [-0.3, -0.25) is 0 Å². The van der Waals surface area contributed by atoms with Crippen LogP contribution in [0, 0.1) is 0 Å². The van der Waals surface area contributed by atoms with Crippen molar-refractivity contribution in [3.05, 3.63) is 48.0 Å². The Morgan fingerprint density at radius 2 is 1.75 bits per heavy atom. The zero-order valence-electron chi connectivity index (χ0n) is 8.66. The van der Waals surface area contributed by atoms with Gasteiger partial charge in [0.05, 0.1) is 6.54 Å². The third kappa shape index (κ3) is 1.57. The van der Waals surface area contributed by atoms with E-state index in [1.165, 1.54) is 4.90 Å². The number of hydrogen-bond acceptors (Lipinski definition) is 1. The van der Waals surface area contributed by atoms with E-state index >= 15 is 0 Å². The van der Waals surface area contributed by atoms with Crippen LogP contribution < -0.4 is 0 Å². The molecule has 1 heterocycles. The minimum Gasteiger partial charge on any atom is -0.232 e. The van der Waals surface area contributed by atoms with Gasteiger partial charge in [-0.05, 0) is 16.3 Å². The fourth-order valence-corrected chi connectivity index (χ4v) is 2.00. The highest BCUT2D eigenvalue weighted by atomic mass is 19.3. The molecule has 2 aromatic carbocycles. The average Bonchev–Trinajstić information content (AvgIpc) is 2.87. The monoisotopic (exact) mass is 219 g/mol. The van der Waals surface area contributed by atoms with Crippen LogP contribution in [0.3, 0.4) is 0 Å². The Hall–Kier alpha value is -1.48. The molecular weight excluding hydrogens is 208 g/mol. The fourth-order valence-electron chi connectivity index (χ4n) is 2.00. The molecule has 3 rings (SSSR count). The van der Waals surface area contributed by atoms with E-state index in [0.29, 0.717) is 6.54 Å². The molecule has 1 saturated heterocycles. The molecule has 1 aliphatic heterocycles. The maximum absolute atomic E-state index is 12.8. The highest BCUT2D eigenvalue weighted by Gasteiger charge is 2.54. The number of alkyl halides is 2. The molecule has 0 spiro atoms. The van der Waals surface area contributed by atoms with Gasteiger partial charge >= 0.3 is 6.05 Å². The van der Waals surface area contributed by atoms with Gasteiger partial charge in [-0.2, -0.15) is 8.78 Å². The normalized spacial score (nSPS) is 22.2. The Kier molecular flexibility index (Phi) is 1.98. The van der Waals surface area contributed by atoms with Crippen LogP contribution in [0.25, 0.3) is 10.8 Å². The molecule has 1 unspecified atom stereocenters. The largest absolute Gasteiger partial charge is 0.318 e. The molecule has 16 heavy (non-hydrogen) atoms. The highest BCUT2D eigenvalue weighted by molar-refractivity contribution is 5.85. The second-order valence-electron chi connectivity index (χ2n) is 4.16. The van der Waals surface area contributed by atoms with Crippen molar-refractivity contribution in [1.82, 2.24) is 4.90 Å². The molecule has 82 valence electrons. The van der Waals surface area contributed by atoms with Crippen LogP contribution in [0.4, 0.5) is 8.78 Å². The molecule has 0 aromatic heterocycles. The quantitative estimate of drug-likeness (QED) is 0.553. The lowest BCUT2D eigenvalue weighted by atomic mass is 10.0. The molecule has 0 amide bonds. The molecule has 1 nitrogen and oxygen atoms in total. The van der Waals surface area contributed by atoms with Crippen molar-refractivity contribution >= 4 is 10.8 Å². The summed E-state index contributed by atoms with van der Waals surface area (Å²) in [7, 11) is 0. The van der Waals surface area contributed by atoms with Gasteiger partial charge in [-0.1, -0.05) is 42.5 Å².